The highest BCUT2D eigenvalue weighted by atomic mass is 16.1. The maximum Gasteiger partial charge on any atom is 0.106 e. The first-order valence-electron chi connectivity index (χ1n) is 9.19. The second-order valence-corrected chi connectivity index (χ2v) is 7.43. The largest absolute Gasteiger partial charge is 0.307 e. The van der Waals surface area contributed by atoms with Crippen molar-refractivity contribution in [1.82, 2.24) is 0 Å². The summed E-state index contributed by atoms with van der Waals surface area (Å²) in [6.07, 6.45) is 17.7. The third kappa shape index (κ3) is 4.97. The van der Waals surface area contributed by atoms with Crippen molar-refractivity contribution in [3.63, 3.8) is 0 Å². The average molecular weight is 300 g/mol. The summed E-state index contributed by atoms with van der Waals surface area (Å²) in [5.41, 5.74) is 2.21. The second-order valence-electron chi connectivity index (χ2n) is 7.43. The van der Waals surface area contributed by atoms with Crippen LogP contribution in [-0.4, -0.2) is 6.79 Å². The summed E-state index contributed by atoms with van der Waals surface area (Å²) in [5, 5.41) is 0. The summed E-state index contributed by atoms with van der Waals surface area (Å²) in [6, 6.07) is 11.3. The summed E-state index contributed by atoms with van der Waals surface area (Å²) >= 11 is 0. The Hall–Kier alpha value is -1.11. The first-order valence-corrected chi connectivity index (χ1v) is 9.19. The lowest BCUT2D eigenvalue weighted by Gasteiger charge is -2.41. The fourth-order valence-electron chi connectivity index (χ4n) is 4.79. The van der Waals surface area contributed by atoms with Gasteiger partial charge in [-0.3, -0.25) is 0 Å². The molecule has 22 heavy (non-hydrogen) atoms. The van der Waals surface area contributed by atoms with E-state index in [4.69, 9.17) is 4.79 Å². The molecule has 0 aromatic heterocycles. The Morgan fingerprint density at radius 3 is 2.09 bits per heavy atom. The average Bonchev–Trinajstić information content (AvgIpc) is 2.59. The van der Waals surface area contributed by atoms with Crippen LogP contribution in [-0.2, 0) is 11.2 Å². The molecule has 2 aliphatic rings. The molecule has 0 aliphatic heterocycles. The summed E-state index contributed by atoms with van der Waals surface area (Å²) in [7, 11) is 0. The van der Waals surface area contributed by atoms with E-state index in [1.54, 1.807) is 5.56 Å². The topological polar surface area (TPSA) is 17.1 Å². The van der Waals surface area contributed by atoms with Gasteiger partial charge in [-0.1, -0.05) is 81.7 Å². The zero-order valence-electron chi connectivity index (χ0n) is 14.1. The molecule has 0 atom stereocenters. The van der Waals surface area contributed by atoms with Crippen molar-refractivity contribution in [2.24, 2.45) is 11.3 Å². The Morgan fingerprint density at radius 2 is 1.45 bits per heavy atom. The first-order chi connectivity index (χ1) is 10.9. The zero-order chi connectivity index (χ0) is 15.7. The Labute approximate surface area is 136 Å². The maximum absolute atomic E-state index is 8.00. The zero-order valence-corrected chi connectivity index (χ0v) is 14.1. The molecule has 2 aliphatic carbocycles. The molecule has 3 rings (SSSR count). The van der Waals surface area contributed by atoms with E-state index in [9.17, 15) is 0 Å². The van der Waals surface area contributed by atoms with Crippen LogP contribution >= 0.6 is 0 Å². The van der Waals surface area contributed by atoms with Crippen LogP contribution in [0.5, 0.6) is 0 Å². The van der Waals surface area contributed by atoms with Gasteiger partial charge in [-0.05, 0) is 42.6 Å². The van der Waals surface area contributed by atoms with Gasteiger partial charge in [-0.2, -0.15) is 0 Å². The minimum Gasteiger partial charge on any atom is -0.307 e. The molecule has 0 heterocycles. The predicted molar refractivity (Wildman–Crippen MR) is 94.0 cm³/mol. The van der Waals surface area contributed by atoms with Crippen molar-refractivity contribution in [3.8, 4) is 0 Å². The van der Waals surface area contributed by atoms with Crippen LogP contribution in [0.1, 0.15) is 76.2 Å². The third-order valence-electron chi connectivity index (χ3n) is 5.78. The third-order valence-corrected chi connectivity index (χ3v) is 5.78. The van der Waals surface area contributed by atoms with Gasteiger partial charge in [-0.25, -0.2) is 0 Å². The summed E-state index contributed by atoms with van der Waals surface area (Å²) in [6.45, 7) is 2.00. The first kappa shape index (κ1) is 17.2. The highest BCUT2D eigenvalue weighted by Crippen LogP contribution is 2.46. The number of hydrogen-bond donors (Lipinski definition) is 0. The van der Waals surface area contributed by atoms with Crippen LogP contribution in [0.3, 0.4) is 0 Å². The fourth-order valence-corrected chi connectivity index (χ4v) is 4.79. The van der Waals surface area contributed by atoms with E-state index < -0.39 is 0 Å². The number of carbonyl (C=O) groups is 1. The van der Waals surface area contributed by atoms with Crippen LogP contribution in [0.15, 0.2) is 30.3 Å². The summed E-state index contributed by atoms with van der Waals surface area (Å²) in [5.74, 6) is 1.03. The smallest absolute Gasteiger partial charge is 0.106 e. The molecule has 122 valence electrons. The molecule has 0 spiro atoms. The molecular formula is C21H32O. The van der Waals surface area contributed by atoms with E-state index >= 15 is 0 Å². The second kappa shape index (κ2) is 9.12. The van der Waals surface area contributed by atoms with Gasteiger partial charge in [0.2, 0.25) is 0 Å². The van der Waals surface area contributed by atoms with E-state index in [2.05, 4.69) is 30.3 Å². The van der Waals surface area contributed by atoms with Gasteiger partial charge >= 0.3 is 0 Å². The van der Waals surface area contributed by atoms with Gasteiger partial charge in [-0.15, -0.1) is 0 Å². The Balaban J connectivity index is 0.000000847. The van der Waals surface area contributed by atoms with Gasteiger partial charge in [0.1, 0.15) is 6.79 Å². The van der Waals surface area contributed by atoms with Crippen molar-refractivity contribution < 1.29 is 4.79 Å². The minimum absolute atomic E-state index is 0.640. The monoisotopic (exact) mass is 300 g/mol. The Morgan fingerprint density at radius 1 is 0.864 bits per heavy atom. The molecule has 1 nitrogen and oxygen atoms in total. The van der Waals surface area contributed by atoms with Crippen LogP contribution in [0, 0.1) is 11.3 Å². The molecule has 0 radical (unpaired) electrons. The van der Waals surface area contributed by atoms with Crippen LogP contribution in [0.2, 0.25) is 0 Å². The lowest BCUT2D eigenvalue weighted by atomic mass is 9.64. The fraction of sp³-hybridized carbons (Fsp3) is 0.667. The van der Waals surface area contributed by atoms with Gasteiger partial charge in [0.15, 0.2) is 0 Å². The van der Waals surface area contributed by atoms with Gasteiger partial charge in [0.25, 0.3) is 0 Å². The van der Waals surface area contributed by atoms with Gasteiger partial charge in [0, 0.05) is 0 Å². The Kier molecular flexibility index (Phi) is 7.15. The highest BCUT2D eigenvalue weighted by Gasteiger charge is 2.34. The molecule has 0 amide bonds. The molecule has 0 bridgehead atoms. The Bertz CT molecular complexity index is 399. The molecule has 1 aromatic rings. The van der Waals surface area contributed by atoms with E-state index in [0.29, 0.717) is 5.41 Å². The van der Waals surface area contributed by atoms with Crippen molar-refractivity contribution >= 4 is 6.79 Å². The van der Waals surface area contributed by atoms with Crippen LogP contribution in [0.25, 0.3) is 0 Å². The molecule has 0 unspecified atom stereocenters. The van der Waals surface area contributed by atoms with Crippen molar-refractivity contribution in [1.29, 1.82) is 0 Å². The maximum atomic E-state index is 8.00. The van der Waals surface area contributed by atoms with Crippen LogP contribution < -0.4 is 0 Å². The van der Waals surface area contributed by atoms with E-state index in [0.717, 1.165) is 5.92 Å². The molecule has 0 saturated heterocycles. The molecule has 1 heteroatoms. The van der Waals surface area contributed by atoms with E-state index in [-0.39, 0.29) is 0 Å². The molecule has 2 fully saturated rings. The van der Waals surface area contributed by atoms with Gasteiger partial charge in [0.05, 0.1) is 0 Å². The van der Waals surface area contributed by atoms with Crippen molar-refractivity contribution in [2.75, 3.05) is 0 Å². The molecule has 2 saturated carbocycles. The van der Waals surface area contributed by atoms with Gasteiger partial charge < -0.3 is 4.79 Å². The molecule has 1 aromatic carbocycles. The summed E-state index contributed by atoms with van der Waals surface area (Å²) < 4.78 is 0. The van der Waals surface area contributed by atoms with Crippen LogP contribution in [0.4, 0.5) is 0 Å². The SMILES string of the molecule is C=O.c1ccc(CC2(CC3CCCCC3)CCCCC2)cc1. The van der Waals surface area contributed by atoms with Crippen molar-refractivity contribution in [2.45, 2.75) is 77.0 Å². The molecule has 0 N–H and O–H groups in total. The molecular weight excluding hydrogens is 268 g/mol. The number of carbonyl (C=O) groups excluding carboxylic acids is 1. The lowest BCUT2D eigenvalue weighted by molar-refractivity contribution is -0.0979. The number of benzene rings is 1. The minimum atomic E-state index is 0.640. The lowest BCUT2D eigenvalue weighted by Crippen LogP contribution is -2.30. The normalized spacial score (nSPS) is 21.6. The number of rotatable bonds is 4. The number of hydrogen-bond acceptors (Lipinski definition) is 1. The highest BCUT2D eigenvalue weighted by molar-refractivity contribution is 5.17. The van der Waals surface area contributed by atoms with Crippen molar-refractivity contribution in [3.05, 3.63) is 35.9 Å². The van der Waals surface area contributed by atoms with E-state index in [1.807, 2.05) is 6.79 Å². The standard InChI is InChI=1S/C20H30.CH2O/c1-4-10-18(11-5-1)16-20(14-8-3-9-15-20)17-19-12-6-2-7-13-19;1-2/h1,4-5,10-11,19H,2-3,6-9,12-17H2;1H2. The quantitative estimate of drug-likeness (QED) is 0.670. The predicted octanol–water partition coefficient (Wildman–Crippen LogP) is 5.97. The van der Waals surface area contributed by atoms with E-state index in [1.165, 1.54) is 77.0 Å². The summed E-state index contributed by atoms with van der Waals surface area (Å²) in [4.78, 5) is 8.00.